The molecule has 5 nitrogen and oxygen atoms in total. The quantitative estimate of drug-likeness (QED) is 0.926. The van der Waals surface area contributed by atoms with Crippen LogP contribution in [0.15, 0.2) is 22.8 Å². The number of rotatable bonds is 4. The Hall–Kier alpha value is -1.49. The van der Waals surface area contributed by atoms with Crippen LogP contribution in [0.1, 0.15) is 45.9 Å². The highest BCUT2D eigenvalue weighted by Gasteiger charge is 2.35. The van der Waals surface area contributed by atoms with E-state index in [4.69, 9.17) is 9.15 Å². The number of carbonyl (C=O) groups excluding carboxylic acids is 1. The van der Waals surface area contributed by atoms with Crippen LogP contribution in [0, 0.1) is 5.92 Å². The van der Waals surface area contributed by atoms with Gasteiger partial charge in [-0.25, -0.2) is 4.79 Å². The molecule has 0 aromatic carbocycles. The van der Waals surface area contributed by atoms with Crippen molar-refractivity contribution in [2.45, 2.75) is 45.8 Å². The molecule has 0 spiro atoms. The number of carbonyl (C=O) groups is 1. The molecule has 1 amide bonds. The highest BCUT2D eigenvalue weighted by atomic mass is 16.6. The summed E-state index contributed by atoms with van der Waals surface area (Å²) in [5, 5.41) is 3.46. The van der Waals surface area contributed by atoms with Crippen molar-refractivity contribution in [1.29, 1.82) is 0 Å². The highest BCUT2D eigenvalue weighted by molar-refractivity contribution is 5.68. The van der Waals surface area contributed by atoms with Crippen molar-refractivity contribution in [1.82, 2.24) is 10.2 Å². The first-order valence-electron chi connectivity index (χ1n) is 7.65. The number of likely N-dealkylation sites (tertiary alicyclic amines) is 1. The summed E-state index contributed by atoms with van der Waals surface area (Å²) < 4.78 is 11.0. The molecule has 2 heterocycles. The minimum absolute atomic E-state index is 0.150. The van der Waals surface area contributed by atoms with Gasteiger partial charge in [-0.3, -0.25) is 0 Å². The van der Waals surface area contributed by atoms with E-state index >= 15 is 0 Å². The fraction of sp³-hybridized carbons (Fsp3) is 0.688. The Kier molecular flexibility index (Phi) is 4.93. The van der Waals surface area contributed by atoms with E-state index in [9.17, 15) is 4.79 Å². The fourth-order valence-corrected chi connectivity index (χ4v) is 2.74. The van der Waals surface area contributed by atoms with E-state index < -0.39 is 5.60 Å². The van der Waals surface area contributed by atoms with E-state index in [0.717, 1.165) is 25.3 Å². The van der Waals surface area contributed by atoms with Gasteiger partial charge in [0.1, 0.15) is 11.4 Å². The first kappa shape index (κ1) is 15.9. The third-order valence-electron chi connectivity index (χ3n) is 3.62. The summed E-state index contributed by atoms with van der Waals surface area (Å²) in [7, 11) is 0. The summed E-state index contributed by atoms with van der Waals surface area (Å²) in [5.41, 5.74) is -0.447. The van der Waals surface area contributed by atoms with Gasteiger partial charge in [0.15, 0.2) is 0 Å². The van der Waals surface area contributed by atoms with Crippen LogP contribution < -0.4 is 5.32 Å². The molecule has 1 saturated heterocycles. The Morgan fingerprint density at radius 1 is 1.57 bits per heavy atom. The second kappa shape index (κ2) is 6.52. The summed E-state index contributed by atoms with van der Waals surface area (Å²) in [6.07, 6.45) is 2.43. The lowest BCUT2D eigenvalue weighted by atomic mass is 9.97. The van der Waals surface area contributed by atoms with Gasteiger partial charge in [0.25, 0.3) is 0 Å². The molecular formula is C16H26N2O3. The third kappa shape index (κ3) is 4.24. The molecule has 1 N–H and O–H groups in total. The minimum atomic E-state index is -0.447. The molecule has 2 atom stereocenters. The van der Waals surface area contributed by atoms with Crippen LogP contribution in [0.4, 0.5) is 4.79 Å². The SMILES string of the molecule is CCNC(c1ccco1)C1CCN(C(=O)OC(C)(C)C)C1. The zero-order valence-electron chi connectivity index (χ0n) is 13.4. The van der Waals surface area contributed by atoms with Crippen LogP contribution in [-0.2, 0) is 4.74 Å². The Morgan fingerprint density at radius 3 is 2.90 bits per heavy atom. The summed E-state index contributed by atoms with van der Waals surface area (Å²) >= 11 is 0. The Labute approximate surface area is 126 Å². The van der Waals surface area contributed by atoms with Crippen molar-refractivity contribution < 1.29 is 13.9 Å². The van der Waals surface area contributed by atoms with E-state index in [2.05, 4.69) is 12.2 Å². The lowest BCUT2D eigenvalue weighted by Crippen LogP contribution is -2.36. The average molecular weight is 294 g/mol. The first-order valence-corrected chi connectivity index (χ1v) is 7.65. The van der Waals surface area contributed by atoms with Gasteiger partial charge in [0, 0.05) is 19.0 Å². The number of nitrogens with one attached hydrogen (secondary N) is 1. The van der Waals surface area contributed by atoms with Gasteiger partial charge in [-0.05, 0) is 45.9 Å². The van der Waals surface area contributed by atoms with E-state index in [0.29, 0.717) is 12.5 Å². The lowest BCUT2D eigenvalue weighted by Gasteiger charge is -2.26. The van der Waals surface area contributed by atoms with E-state index in [1.807, 2.05) is 32.9 Å². The predicted molar refractivity (Wildman–Crippen MR) is 81.0 cm³/mol. The molecule has 2 rings (SSSR count). The summed E-state index contributed by atoms with van der Waals surface area (Å²) in [5.74, 6) is 1.29. The predicted octanol–water partition coefficient (Wildman–Crippen LogP) is 3.19. The number of ether oxygens (including phenoxy) is 1. The van der Waals surface area contributed by atoms with Crippen LogP contribution >= 0.6 is 0 Å². The molecule has 1 aromatic heterocycles. The maximum absolute atomic E-state index is 12.1. The summed E-state index contributed by atoms with van der Waals surface area (Å²) in [6, 6.07) is 4.04. The van der Waals surface area contributed by atoms with Crippen molar-refractivity contribution >= 4 is 6.09 Å². The molecule has 1 aromatic rings. The molecule has 0 bridgehead atoms. The Bertz CT molecular complexity index is 451. The molecule has 21 heavy (non-hydrogen) atoms. The monoisotopic (exact) mass is 294 g/mol. The molecule has 0 radical (unpaired) electrons. The smallest absolute Gasteiger partial charge is 0.410 e. The molecule has 2 unspecified atom stereocenters. The highest BCUT2D eigenvalue weighted by Crippen LogP contribution is 2.31. The maximum Gasteiger partial charge on any atom is 0.410 e. The fourth-order valence-electron chi connectivity index (χ4n) is 2.74. The van der Waals surface area contributed by atoms with Crippen LogP contribution in [0.25, 0.3) is 0 Å². The van der Waals surface area contributed by atoms with Crippen LogP contribution in [0.3, 0.4) is 0 Å². The van der Waals surface area contributed by atoms with Gasteiger partial charge in [-0.2, -0.15) is 0 Å². The molecular weight excluding hydrogens is 268 g/mol. The second-order valence-corrected chi connectivity index (χ2v) is 6.53. The van der Waals surface area contributed by atoms with Crippen molar-refractivity contribution in [2.24, 2.45) is 5.92 Å². The van der Waals surface area contributed by atoms with Crippen molar-refractivity contribution in [3.8, 4) is 0 Å². The zero-order valence-corrected chi connectivity index (χ0v) is 13.4. The lowest BCUT2D eigenvalue weighted by molar-refractivity contribution is 0.0284. The van der Waals surface area contributed by atoms with E-state index in [1.54, 1.807) is 11.2 Å². The number of hydrogen-bond donors (Lipinski definition) is 1. The standard InChI is InChI=1S/C16H26N2O3/c1-5-17-14(13-7-6-10-20-13)12-8-9-18(11-12)15(19)21-16(2,3)4/h6-7,10,12,14,17H,5,8-9,11H2,1-4H3. The normalized spacial score (nSPS) is 20.6. The van der Waals surface area contributed by atoms with Gasteiger partial charge in [0.05, 0.1) is 12.3 Å². The molecule has 1 fully saturated rings. The maximum atomic E-state index is 12.1. The third-order valence-corrected chi connectivity index (χ3v) is 3.62. The number of hydrogen-bond acceptors (Lipinski definition) is 4. The number of amides is 1. The topological polar surface area (TPSA) is 54.7 Å². The van der Waals surface area contributed by atoms with Crippen molar-refractivity contribution in [3.63, 3.8) is 0 Å². The van der Waals surface area contributed by atoms with Crippen LogP contribution in [0.2, 0.25) is 0 Å². The van der Waals surface area contributed by atoms with Gasteiger partial charge >= 0.3 is 6.09 Å². The van der Waals surface area contributed by atoms with Crippen molar-refractivity contribution in [3.05, 3.63) is 24.2 Å². The van der Waals surface area contributed by atoms with E-state index in [1.165, 1.54) is 0 Å². The summed E-state index contributed by atoms with van der Waals surface area (Å²) in [6.45, 7) is 10.1. The first-order chi connectivity index (χ1) is 9.90. The van der Waals surface area contributed by atoms with Gasteiger partial charge in [0.2, 0.25) is 0 Å². The average Bonchev–Trinajstić information content (AvgIpc) is 3.05. The molecule has 1 aliphatic heterocycles. The Balaban J connectivity index is 1.98. The Morgan fingerprint density at radius 2 is 2.33 bits per heavy atom. The molecule has 0 saturated carbocycles. The zero-order chi connectivity index (χ0) is 15.5. The van der Waals surface area contributed by atoms with E-state index in [-0.39, 0.29) is 12.1 Å². The van der Waals surface area contributed by atoms with Gasteiger partial charge in [-0.15, -0.1) is 0 Å². The second-order valence-electron chi connectivity index (χ2n) is 6.53. The minimum Gasteiger partial charge on any atom is -0.468 e. The van der Waals surface area contributed by atoms with Crippen molar-refractivity contribution in [2.75, 3.05) is 19.6 Å². The molecule has 5 heteroatoms. The van der Waals surface area contributed by atoms with Gasteiger partial charge in [-0.1, -0.05) is 6.92 Å². The molecule has 118 valence electrons. The number of furan rings is 1. The van der Waals surface area contributed by atoms with Crippen LogP contribution in [0.5, 0.6) is 0 Å². The molecule has 1 aliphatic rings. The summed E-state index contributed by atoms with van der Waals surface area (Å²) in [4.78, 5) is 13.9. The largest absolute Gasteiger partial charge is 0.468 e. The van der Waals surface area contributed by atoms with Crippen LogP contribution in [-0.4, -0.2) is 36.2 Å². The van der Waals surface area contributed by atoms with Gasteiger partial charge < -0.3 is 19.4 Å². The number of nitrogens with zero attached hydrogens (tertiary/aromatic N) is 1. The molecule has 0 aliphatic carbocycles.